The van der Waals surface area contributed by atoms with E-state index in [0.717, 1.165) is 51.1 Å². The molecule has 0 bridgehead atoms. The molecule has 0 radical (unpaired) electrons. The molecule has 4 rings (SSSR count). The number of likely N-dealkylation sites (tertiary alicyclic amines) is 1. The number of carbonyl (C=O) groups is 1. The number of halogens is 2. The molecule has 2 aromatic rings. The van der Waals surface area contributed by atoms with Crippen LogP contribution in [0.2, 0.25) is 0 Å². The second-order valence-corrected chi connectivity index (χ2v) is 6.58. The average molecular weight is 414 g/mol. The molecule has 1 atom stereocenters. The Balaban J connectivity index is 0.00000131. The number of piperazine rings is 1. The van der Waals surface area contributed by atoms with E-state index in [-0.39, 0.29) is 36.8 Å². The fourth-order valence-corrected chi connectivity index (χ4v) is 3.56. The highest BCUT2D eigenvalue weighted by Crippen LogP contribution is 2.31. The predicted octanol–water partition coefficient (Wildman–Crippen LogP) is 2.15. The van der Waals surface area contributed by atoms with Gasteiger partial charge in [0.15, 0.2) is 0 Å². The van der Waals surface area contributed by atoms with Crippen molar-refractivity contribution in [1.82, 2.24) is 25.3 Å². The molecule has 1 N–H and O–H groups in total. The van der Waals surface area contributed by atoms with Gasteiger partial charge in [-0.2, -0.15) is 4.98 Å². The second kappa shape index (κ2) is 10.0. The largest absolute Gasteiger partial charge is 0.339 e. The zero-order chi connectivity index (χ0) is 17.1. The fraction of sp³-hybridized carbons (Fsp3) is 0.500. The Labute approximate surface area is 171 Å². The summed E-state index contributed by atoms with van der Waals surface area (Å²) in [5, 5.41) is 7.39. The Hall–Kier alpha value is -1.67. The minimum Gasteiger partial charge on any atom is -0.339 e. The third-order valence-electron chi connectivity index (χ3n) is 4.93. The number of benzene rings is 1. The first-order chi connectivity index (χ1) is 12.3. The first kappa shape index (κ1) is 21.6. The minimum atomic E-state index is 0. The maximum Gasteiger partial charge on any atom is 0.244 e. The number of hydrogen-bond donors (Lipinski definition) is 1. The van der Waals surface area contributed by atoms with Crippen molar-refractivity contribution in [2.45, 2.75) is 18.9 Å². The summed E-state index contributed by atoms with van der Waals surface area (Å²) in [7, 11) is 0. The summed E-state index contributed by atoms with van der Waals surface area (Å²) in [4.78, 5) is 21.2. The Morgan fingerprint density at radius 3 is 2.63 bits per heavy atom. The first-order valence-electron chi connectivity index (χ1n) is 8.93. The molecule has 2 aliphatic rings. The number of amides is 1. The molecule has 1 amide bonds. The van der Waals surface area contributed by atoms with Crippen LogP contribution in [0, 0.1) is 0 Å². The Bertz CT molecular complexity index is 722. The van der Waals surface area contributed by atoms with Gasteiger partial charge < -0.3 is 14.7 Å². The molecule has 148 valence electrons. The van der Waals surface area contributed by atoms with Crippen LogP contribution in [0.15, 0.2) is 34.9 Å². The lowest BCUT2D eigenvalue weighted by molar-refractivity contribution is -0.133. The number of nitrogens with one attached hydrogen (secondary N) is 1. The Kier molecular flexibility index (Phi) is 8.04. The molecule has 2 saturated heterocycles. The Morgan fingerprint density at radius 1 is 1.15 bits per heavy atom. The van der Waals surface area contributed by atoms with Crippen molar-refractivity contribution in [3.05, 3.63) is 36.2 Å². The smallest absolute Gasteiger partial charge is 0.244 e. The van der Waals surface area contributed by atoms with Crippen molar-refractivity contribution in [2.24, 2.45) is 0 Å². The van der Waals surface area contributed by atoms with Crippen LogP contribution in [-0.4, -0.2) is 65.1 Å². The lowest BCUT2D eigenvalue weighted by Gasteiger charge is -2.30. The summed E-state index contributed by atoms with van der Waals surface area (Å²) in [5.41, 5.74) is 0.943. The molecule has 2 fully saturated rings. The van der Waals surface area contributed by atoms with Gasteiger partial charge in [0.2, 0.25) is 17.6 Å². The molecule has 9 heteroatoms. The van der Waals surface area contributed by atoms with Crippen molar-refractivity contribution in [3.63, 3.8) is 0 Å². The normalized spacial score (nSPS) is 20.0. The van der Waals surface area contributed by atoms with Crippen molar-refractivity contribution in [2.75, 3.05) is 39.3 Å². The average Bonchev–Trinajstić information content (AvgIpc) is 3.32. The van der Waals surface area contributed by atoms with Gasteiger partial charge in [-0.05, 0) is 19.4 Å². The van der Waals surface area contributed by atoms with Crippen molar-refractivity contribution < 1.29 is 9.32 Å². The lowest BCUT2D eigenvalue weighted by atomic mass is 10.2. The van der Waals surface area contributed by atoms with Gasteiger partial charge in [0.05, 0.1) is 12.6 Å². The molecule has 1 aromatic carbocycles. The second-order valence-electron chi connectivity index (χ2n) is 6.58. The van der Waals surface area contributed by atoms with Crippen LogP contribution in [0.25, 0.3) is 11.4 Å². The van der Waals surface area contributed by atoms with Gasteiger partial charge in [-0.3, -0.25) is 9.69 Å². The molecule has 3 heterocycles. The van der Waals surface area contributed by atoms with E-state index in [0.29, 0.717) is 18.3 Å². The summed E-state index contributed by atoms with van der Waals surface area (Å²) >= 11 is 0. The molecule has 0 saturated carbocycles. The Morgan fingerprint density at radius 2 is 1.89 bits per heavy atom. The van der Waals surface area contributed by atoms with Crippen LogP contribution in [0.3, 0.4) is 0 Å². The van der Waals surface area contributed by atoms with Gasteiger partial charge in [-0.1, -0.05) is 35.5 Å². The maximum absolute atomic E-state index is 12.5. The summed E-state index contributed by atoms with van der Waals surface area (Å²) < 4.78 is 5.52. The van der Waals surface area contributed by atoms with E-state index in [4.69, 9.17) is 4.52 Å². The number of hydrogen-bond acceptors (Lipinski definition) is 6. The molecule has 0 spiro atoms. The molecular weight excluding hydrogens is 389 g/mol. The molecular formula is C18H25Cl2N5O2. The number of nitrogens with zero attached hydrogens (tertiary/aromatic N) is 4. The first-order valence-corrected chi connectivity index (χ1v) is 8.93. The van der Waals surface area contributed by atoms with Crippen molar-refractivity contribution in [3.8, 4) is 11.4 Å². The van der Waals surface area contributed by atoms with Crippen molar-refractivity contribution >= 4 is 30.7 Å². The van der Waals surface area contributed by atoms with Gasteiger partial charge in [-0.15, -0.1) is 24.8 Å². The highest BCUT2D eigenvalue weighted by atomic mass is 35.5. The fourth-order valence-electron chi connectivity index (χ4n) is 3.56. The van der Waals surface area contributed by atoms with Gasteiger partial charge >= 0.3 is 0 Å². The maximum atomic E-state index is 12.5. The van der Waals surface area contributed by atoms with E-state index in [1.54, 1.807) is 0 Å². The highest BCUT2D eigenvalue weighted by Gasteiger charge is 2.33. The lowest BCUT2D eigenvalue weighted by Crippen LogP contribution is -2.49. The summed E-state index contributed by atoms with van der Waals surface area (Å²) in [6, 6.07) is 9.85. The van der Waals surface area contributed by atoms with Gasteiger partial charge in [-0.25, -0.2) is 0 Å². The number of aromatic nitrogens is 2. The highest BCUT2D eigenvalue weighted by molar-refractivity contribution is 5.85. The topological polar surface area (TPSA) is 74.5 Å². The minimum absolute atomic E-state index is 0. The quantitative estimate of drug-likeness (QED) is 0.827. The molecule has 7 nitrogen and oxygen atoms in total. The third kappa shape index (κ3) is 4.99. The van der Waals surface area contributed by atoms with E-state index < -0.39 is 0 Å². The third-order valence-corrected chi connectivity index (χ3v) is 4.93. The zero-order valence-electron chi connectivity index (χ0n) is 15.0. The molecule has 1 unspecified atom stereocenters. The predicted molar refractivity (Wildman–Crippen MR) is 107 cm³/mol. The van der Waals surface area contributed by atoms with Crippen LogP contribution in [0.4, 0.5) is 0 Å². The van der Waals surface area contributed by atoms with E-state index in [1.165, 1.54) is 0 Å². The van der Waals surface area contributed by atoms with E-state index in [2.05, 4.69) is 20.4 Å². The van der Waals surface area contributed by atoms with Crippen molar-refractivity contribution in [1.29, 1.82) is 0 Å². The monoisotopic (exact) mass is 413 g/mol. The summed E-state index contributed by atoms with van der Waals surface area (Å²) in [6.45, 7) is 4.64. The summed E-state index contributed by atoms with van der Waals surface area (Å²) in [6.07, 6.45) is 1.99. The zero-order valence-corrected chi connectivity index (χ0v) is 16.7. The van der Waals surface area contributed by atoms with Crippen LogP contribution >= 0.6 is 24.8 Å². The van der Waals surface area contributed by atoms with Crippen LogP contribution in [0.1, 0.15) is 24.8 Å². The molecule has 2 aliphatic heterocycles. The molecule has 27 heavy (non-hydrogen) atoms. The van der Waals surface area contributed by atoms with Gasteiger partial charge in [0.25, 0.3) is 0 Å². The number of rotatable bonds is 4. The standard InChI is InChI=1S/C18H23N5O2.2ClH/c24-16(22-11-8-19-9-12-22)13-23-10-4-7-15(23)18-20-17(21-25-18)14-5-2-1-3-6-14;;/h1-3,5-6,15,19H,4,7-13H2;2*1H. The van der Waals surface area contributed by atoms with E-state index in [9.17, 15) is 4.79 Å². The molecule has 1 aromatic heterocycles. The SMILES string of the molecule is Cl.Cl.O=C(CN1CCCC1c1nc(-c2ccccc2)no1)N1CCNCC1. The van der Waals surface area contributed by atoms with E-state index >= 15 is 0 Å². The number of carbonyl (C=O) groups excluding carboxylic acids is 1. The summed E-state index contributed by atoms with van der Waals surface area (Å²) in [5.74, 6) is 1.41. The molecule has 0 aliphatic carbocycles. The van der Waals surface area contributed by atoms with E-state index in [1.807, 2.05) is 35.2 Å². The van der Waals surface area contributed by atoms with Gasteiger partial charge in [0.1, 0.15) is 0 Å². The van der Waals surface area contributed by atoms with Crippen LogP contribution in [0.5, 0.6) is 0 Å². The van der Waals surface area contributed by atoms with Crippen LogP contribution in [-0.2, 0) is 4.79 Å². The van der Waals surface area contributed by atoms with Crippen LogP contribution < -0.4 is 5.32 Å². The van der Waals surface area contributed by atoms with Gasteiger partial charge in [0, 0.05) is 31.7 Å².